The van der Waals surface area contributed by atoms with Crippen molar-refractivity contribution in [2.75, 3.05) is 23.9 Å². The zero-order chi connectivity index (χ0) is 17.2. The van der Waals surface area contributed by atoms with Gasteiger partial charge in [0.2, 0.25) is 5.91 Å². The van der Waals surface area contributed by atoms with E-state index < -0.39 is 9.84 Å². The van der Waals surface area contributed by atoms with Gasteiger partial charge < -0.3 is 10.1 Å². The molecule has 0 saturated heterocycles. The molecule has 2 aliphatic carbocycles. The van der Waals surface area contributed by atoms with Crippen molar-refractivity contribution in [1.29, 1.82) is 0 Å². The Morgan fingerprint density at radius 3 is 2.79 bits per heavy atom. The summed E-state index contributed by atoms with van der Waals surface area (Å²) >= 11 is 0. The van der Waals surface area contributed by atoms with Crippen LogP contribution in [0, 0.1) is 17.8 Å². The third-order valence-corrected chi connectivity index (χ3v) is 6.08. The minimum atomic E-state index is -3.04. The first kappa shape index (κ1) is 17.3. The third-order valence-electron chi connectivity index (χ3n) is 5.17. The maximum absolute atomic E-state index is 12.3. The Morgan fingerprint density at radius 2 is 2.12 bits per heavy atom. The second-order valence-corrected chi connectivity index (χ2v) is 9.45. The summed E-state index contributed by atoms with van der Waals surface area (Å²) in [5.41, 5.74) is 0.694. The minimum absolute atomic E-state index is 0.0200. The van der Waals surface area contributed by atoms with E-state index in [1.54, 1.807) is 18.2 Å². The molecule has 0 radical (unpaired) electrons. The van der Waals surface area contributed by atoms with Gasteiger partial charge in [0.15, 0.2) is 9.84 Å². The van der Waals surface area contributed by atoms with Crippen LogP contribution in [-0.2, 0) is 14.6 Å². The molecule has 5 nitrogen and oxygen atoms in total. The van der Waals surface area contributed by atoms with Crippen molar-refractivity contribution >= 4 is 21.4 Å². The molecule has 132 valence electrons. The predicted octanol–water partition coefficient (Wildman–Crippen LogP) is 2.87. The van der Waals surface area contributed by atoms with E-state index in [2.05, 4.69) is 5.32 Å². The van der Waals surface area contributed by atoms with Gasteiger partial charge in [-0.25, -0.2) is 8.42 Å². The molecule has 0 unspecified atom stereocenters. The van der Waals surface area contributed by atoms with Crippen LogP contribution in [0.25, 0.3) is 0 Å². The Bertz CT molecular complexity index is 701. The molecule has 0 heterocycles. The van der Waals surface area contributed by atoms with Crippen LogP contribution in [0.15, 0.2) is 24.3 Å². The molecule has 24 heavy (non-hydrogen) atoms. The molecule has 1 amide bonds. The van der Waals surface area contributed by atoms with Crippen molar-refractivity contribution in [1.82, 2.24) is 0 Å². The van der Waals surface area contributed by atoms with Gasteiger partial charge in [0, 0.05) is 24.4 Å². The lowest BCUT2D eigenvalue weighted by Gasteiger charge is -2.21. The van der Waals surface area contributed by atoms with Crippen LogP contribution in [0.5, 0.6) is 5.75 Å². The molecule has 0 aromatic heterocycles. The molecule has 0 aliphatic heterocycles. The van der Waals surface area contributed by atoms with E-state index in [0.717, 1.165) is 11.8 Å². The second kappa shape index (κ2) is 7.13. The number of nitrogens with one attached hydrogen (secondary N) is 1. The zero-order valence-corrected chi connectivity index (χ0v) is 14.8. The molecule has 1 aromatic carbocycles. The van der Waals surface area contributed by atoms with E-state index in [4.69, 9.17) is 4.74 Å². The molecule has 2 bridgehead atoms. The number of carbonyl (C=O) groups excluding carboxylic acids is 1. The molecular weight excluding hydrogens is 326 g/mol. The monoisotopic (exact) mass is 351 g/mol. The highest BCUT2D eigenvalue weighted by atomic mass is 32.2. The molecule has 1 aromatic rings. The molecule has 2 fully saturated rings. The van der Waals surface area contributed by atoms with Crippen LogP contribution < -0.4 is 10.1 Å². The average molecular weight is 351 g/mol. The molecule has 2 aliphatic rings. The van der Waals surface area contributed by atoms with Crippen LogP contribution >= 0.6 is 0 Å². The van der Waals surface area contributed by atoms with Crippen LogP contribution in [0.1, 0.15) is 32.1 Å². The van der Waals surface area contributed by atoms with Gasteiger partial charge in [-0.05, 0) is 49.1 Å². The number of sulfone groups is 1. The third kappa shape index (κ3) is 4.72. The molecule has 3 rings (SSSR count). The smallest absolute Gasteiger partial charge is 0.224 e. The largest absolute Gasteiger partial charge is 0.492 e. The van der Waals surface area contributed by atoms with E-state index in [1.165, 1.54) is 31.9 Å². The van der Waals surface area contributed by atoms with Crippen molar-refractivity contribution in [2.45, 2.75) is 32.1 Å². The maximum Gasteiger partial charge on any atom is 0.224 e. The quantitative estimate of drug-likeness (QED) is 0.820. The summed E-state index contributed by atoms with van der Waals surface area (Å²) in [5, 5.41) is 2.94. The highest BCUT2D eigenvalue weighted by molar-refractivity contribution is 7.90. The highest BCUT2D eigenvalue weighted by Crippen LogP contribution is 2.49. The van der Waals surface area contributed by atoms with E-state index >= 15 is 0 Å². The standard InChI is InChI=1S/C18H25NO4S/c1-24(21,22)8-7-23-17-4-2-3-16(12-17)19-18(20)11-15-10-13-5-6-14(15)9-13/h2-4,12-15H,5-11H2,1H3,(H,19,20)/t13-,14-,15-/m0/s1. The number of ether oxygens (including phenoxy) is 1. The van der Waals surface area contributed by atoms with Gasteiger partial charge in [-0.3, -0.25) is 4.79 Å². The molecular formula is C18H25NO4S. The molecule has 1 N–H and O–H groups in total. The predicted molar refractivity (Wildman–Crippen MR) is 93.8 cm³/mol. The summed E-state index contributed by atoms with van der Waals surface area (Å²) in [7, 11) is -3.04. The van der Waals surface area contributed by atoms with Crippen molar-refractivity contribution in [3.05, 3.63) is 24.3 Å². The number of rotatable bonds is 7. The first-order chi connectivity index (χ1) is 11.4. The summed E-state index contributed by atoms with van der Waals surface area (Å²) < 4.78 is 27.7. The van der Waals surface area contributed by atoms with Gasteiger partial charge in [0.1, 0.15) is 12.4 Å². The van der Waals surface area contributed by atoms with Crippen LogP contribution in [0.2, 0.25) is 0 Å². The second-order valence-electron chi connectivity index (χ2n) is 7.19. The van der Waals surface area contributed by atoms with Crippen molar-refractivity contribution in [2.24, 2.45) is 17.8 Å². The Morgan fingerprint density at radius 1 is 1.29 bits per heavy atom. The molecule has 0 spiro atoms. The van der Waals surface area contributed by atoms with Gasteiger partial charge in [-0.2, -0.15) is 0 Å². The Kier molecular flexibility index (Phi) is 5.13. The summed E-state index contributed by atoms with van der Waals surface area (Å²) in [5.74, 6) is 2.73. The molecule has 3 atom stereocenters. The lowest BCUT2D eigenvalue weighted by atomic mass is 9.86. The average Bonchev–Trinajstić information content (AvgIpc) is 3.08. The number of carbonyl (C=O) groups is 1. The Labute approximate surface area is 143 Å². The topological polar surface area (TPSA) is 72.5 Å². The van der Waals surface area contributed by atoms with Crippen molar-refractivity contribution in [3.8, 4) is 5.75 Å². The van der Waals surface area contributed by atoms with E-state index in [-0.39, 0.29) is 18.3 Å². The summed E-state index contributed by atoms with van der Waals surface area (Å²) in [4.78, 5) is 12.3. The van der Waals surface area contributed by atoms with Crippen LogP contribution in [0.3, 0.4) is 0 Å². The van der Waals surface area contributed by atoms with Crippen molar-refractivity contribution in [3.63, 3.8) is 0 Å². The summed E-state index contributed by atoms with van der Waals surface area (Å²) in [6.45, 7) is 0.112. The minimum Gasteiger partial charge on any atom is -0.492 e. The number of hydrogen-bond donors (Lipinski definition) is 1. The fourth-order valence-corrected chi connectivity index (χ4v) is 4.44. The Balaban J connectivity index is 1.49. The van der Waals surface area contributed by atoms with E-state index in [1.807, 2.05) is 6.07 Å². The molecule has 6 heteroatoms. The lowest BCUT2D eigenvalue weighted by molar-refractivity contribution is -0.117. The lowest BCUT2D eigenvalue weighted by Crippen LogP contribution is -2.20. The summed E-state index contributed by atoms with van der Waals surface area (Å²) in [6.07, 6.45) is 6.92. The number of hydrogen-bond acceptors (Lipinski definition) is 4. The first-order valence-corrected chi connectivity index (χ1v) is 10.7. The van der Waals surface area contributed by atoms with Gasteiger partial charge >= 0.3 is 0 Å². The van der Waals surface area contributed by atoms with Gasteiger partial charge in [0.05, 0.1) is 5.75 Å². The van der Waals surface area contributed by atoms with Crippen LogP contribution in [-0.4, -0.2) is 32.9 Å². The van der Waals surface area contributed by atoms with Gasteiger partial charge in [-0.1, -0.05) is 12.5 Å². The van der Waals surface area contributed by atoms with E-state index in [9.17, 15) is 13.2 Å². The fourth-order valence-electron chi connectivity index (χ4n) is 4.05. The van der Waals surface area contributed by atoms with E-state index in [0.29, 0.717) is 23.8 Å². The number of amides is 1. The number of fused-ring (bicyclic) bond motifs is 2. The van der Waals surface area contributed by atoms with Crippen LogP contribution in [0.4, 0.5) is 5.69 Å². The fraction of sp³-hybridized carbons (Fsp3) is 0.611. The maximum atomic E-state index is 12.3. The number of benzene rings is 1. The van der Waals surface area contributed by atoms with Crippen molar-refractivity contribution < 1.29 is 17.9 Å². The molecule has 2 saturated carbocycles. The normalized spacial score (nSPS) is 25.6. The SMILES string of the molecule is CS(=O)(=O)CCOc1cccc(NC(=O)C[C@@H]2C[C@H]3CC[C@H]2C3)c1. The first-order valence-electron chi connectivity index (χ1n) is 8.59. The number of anilines is 1. The summed E-state index contributed by atoms with van der Waals surface area (Å²) in [6, 6.07) is 7.11. The van der Waals surface area contributed by atoms with Gasteiger partial charge in [-0.15, -0.1) is 0 Å². The Hall–Kier alpha value is -1.56. The van der Waals surface area contributed by atoms with Gasteiger partial charge in [0.25, 0.3) is 0 Å². The highest BCUT2D eigenvalue weighted by Gasteiger charge is 2.40. The zero-order valence-electron chi connectivity index (χ0n) is 14.0.